The van der Waals surface area contributed by atoms with Gasteiger partial charge in [-0.25, -0.2) is 4.79 Å². The number of carbonyl (C=O) groups is 1. The van der Waals surface area contributed by atoms with Gasteiger partial charge in [0, 0.05) is 22.0 Å². The van der Waals surface area contributed by atoms with Gasteiger partial charge in [0.25, 0.3) is 0 Å². The molecule has 1 rings (SSSR count). The lowest BCUT2D eigenvalue weighted by Gasteiger charge is -2.43. The average Bonchev–Trinajstić information content (AvgIpc) is 2.68. The molecule has 1 aromatic rings. The number of ether oxygens (including phenoxy) is 4. The molecule has 0 heterocycles. The van der Waals surface area contributed by atoms with Crippen molar-refractivity contribution in [3.05, 3.63) is 23.8 Å². The van der Waals surface area contributed by atoms with Crippen molar-refractivity contribution in [3.8, 4) is 17.2 Å². The number of rotatable bonds is 14. The van der Waals surface area contributed by atoms with Crippen molar-refractivity contribution < 1.29 is 32.6 Å². The Morgan fingerprint density at radius 2 is 1.45 bits per heavy atom. The first kappa shape index (κ1) is 29.4. The second-order valence-electron chi connectivity index (χ2n) is 9.80. The molecule has 10 heteroatoms. The molecule has 0 saturated heterocycles. The lowest BCUT2D eigenvalue weighted by molar-refractivity contribution is -0.147. The van der Waals surface area contributed by atoms with Gasteiger partial charge >= 0.3 is 5.97 Å². The van der Waals surface area contributed by atoms with Gasteiger partial charge in [-0.2, -0.15) is 0 Å². The molecule has 0 aliphatic rings. The molecule has 0 radical (unpaired) electrons. The van der Waals surface area contributed by atoms with Crippen molar-refractivity contribution >= 4 is 38.2 Å². The molecule has 0 unspecified atom stereocenters. The summed E-state index contributed by atoms with van der Waals surface area (Å²) in [5, 5.41) is 0. The van der Waals surface area contributed by atoms with Gasteiger partial charge in [0.2, 0.25) is 5.75 Å². The van der Waals surface area contributed by atoms with Crippen LogP contribution in [0.2, 0.25) is 51.9 Å². The molecule has 0 aliphatic heterocycles. The predicted molar refractivity (Wildman–Crippen MR) is 142 cm³/mol. The van der Waals surface area contributed by atoms with E-state index in [1.807, 2.05) is 0 Å². The van der Waals surface area contributed by atoms with Crippen molar-refractivity contribution in [2.75, 3.05) is 27.9 Å². The van der Waals surface area contributed by atoms with E-state index >= 15 is 0 Å². The van der Waals surface area contributed by atoms with E-state index in [0.29, 0.717) is 23.7 Å². The van der Waals surface area contributed by atoms with Crippen LogP contribution in [0, 0.1) is 0 Å². The summed E-state index contributed by atoms with van der Waals surface area (Å²) in [6, 6.07) is 4.44. The van der Waals surface area contributed by atoms with Gasteiger partial charge in [0.05, 0.1) is 27.9 Å². The Morgan fingerprint density at radius 3 is 1.85 bits per heavy atom. The summed E-state index contributed by atoms with van der Waals surface area (Å²) in [7, 11) is 0.595. The molecule has 0 aliphatic carbocycles. The first-order valence-electron chi connectivity index (χ1n) is 11.3. The largest absolute Gasteiger partial charge is 0.493 e. The van der Waals surface area contributed by atoms with Crippen LogP contribution in [0.15, 0.2) is 18.2 Å². The second-order valence-corrected chi connectivity index (χ2v) is 20.2. The van der Waals surface area contributed by atoms with E-state index in [1.54, 1.807) is 39.5 Å². The topological polar surface area (TPSA) is 72.5 Å². The molecular formula is C23H42O7Si3. The Morgan fingerprint density at radius 1 is 0.939 bits per heavy atom. The van der Waals surface area contributed by atoms with Crippen LogP contribution in [0.25, 0.3) is 6.08 Å². The molecular weight excluding hydrogens is 473 g/mol. The molecule has 0 fully saturated rings. The molecule has 0 aromatic heterocycles. The number of carbonyl (C=O) groups excluding carboxylic acids is 1. The van der Waals surface area contributed by atoms with Gasteiger partial charge in [-0.3, -0.25) is 0 Å². The SMILES string of the molecule is COc1cc(/C=C/C(=O)OCCC(C[SiH2]C)(O[Si](C)(C)C)O[Si](C)(C)C)cc(OC)c1OC. The molecule has 0 N–H and O–H groups in total. The van der Waals surface area contributed by atoms with Crippen LogP contribution >= 0.6 is 0 Å². The maximum absolute atomic E-state index is 12.4. The molecule has 1 aromatic carbocycles. The van der Waals surface area contributed by atoms with E-state index in [9.17, 15) is 4.79 Å². The van der Waals surface area contributed by atoms with Gasteiger partial charge in [-0.05, 0) is 69.1 Å². The minimum Gasteiger partial charge on any atom is -0.493 e. The summed E-state index contributed by atoms with van der Waals surface area (Å²) >= 11 is 0. The van der Waals surface area contributed by atoms with Gasteiger partial charge in [0.1, 0.15) is 5.79 Å². The lowest BCUT2D eigenvalue weighted by atomic mass is 10.1. The standard InChI is InChI=1S/C23H42O7Si3/c1-25-19-15-18(16-20(26-2)22(19)27-3)11-12-21(24)28-14-13-23(17-31-4,29-32(5,6)7)30-33(8,9)10/h11-12,15-16H,13-14,17,31H2,1-10H3/b12-11+. The van der Waals surface area contributed by atoms with Crippen molar-refractivity contribution in [1.29, 1.82) is 0 Å². The minimum absolute atomic E-state index is 0.238. The van der Waals surface area contributed by atoms with Crippen LogP contribution in [0.4, 0.5) is 0 Å². The van der Waals surface area contributed by atoms with Crippen LogP contribution in [0.1, 0.15) is 12.0 Å². The maximum Gasteiger partial charge on any atom is 0.330 e. The van der Waals surface area contributed by atoms with E-state index in [-0.39, 0.29) is 16.1 Å². The van der Waals surface area contributed by atoms with Crippen LogP contribution < -0.4 is 14.2 Å². The van der Waals surface area contributed by atoms with Crippen molar-refractivity contribution in [2.45, 2.75) is 64.1 Å². The number of methoxy groups -OCH3 is 3. The third-order valence-corrected chi connectivity index (χ3v) is 7.67. The highest BCUT2D eigenvalue weighted by molar-refractivity contribution is 6.71. The smallest absolute Gasteiger partial charge is 0.330 e. The van der Waals surface area contributed by atoms with Crippen LogP contribution in [-0.4, -0.2) is 65.8 Å². The summed E-state index contributed by atoms with van der Waals surface area (Å²) < 4.78 is 34.7. The van der Waals surface area contributed by atoms with Crippen molar-refractivity contribution in [2.24, 2.45) is 0 Å². The van der Waals surface area contributed by atoms with E-state index in [2.05, 4.69) is 45.8 Å². The zero-order valence-corrected chi connectivity index (χ0v) is 25.4. The molecule has 0 bridgehead atoms. The Bertz CT molecular complexity index is 757. The van der Waals surface area contributed by atoms with Crippen molar-refractivity contribution in [1.82, 2.24) is 0 Å². The van der Waals surface area contributed by atoms with Crippen LogP contribution in [-0.2, 0) is 18.4 Å². The van der Waals surface area contributed by atoms with Gasteiger partial charge < -0.3 is 27.8 Å². The fraction of sp³-hybridized carbons (Fsp3) is 0.609. The molecule has 7 nitrogen and oxygen atoms in total. The fourth-order valence-corrected chi connectivity index (χ4v) is 8.00. The number of benzene rings is 1. The maximum atomic E-state index is 12.4. The highest BCUT2D eigenvalue weighted by Gasteiger charge is 2.40. The highest BCUT2D eigenvalue weighted by Crippen LogP contribution is 2.38. The zero-order chi connectivity index (χ0) is 25.3. The Hall–Kier alpha value is -1.60. The third-order valence-electron chi connectivity index (χ3n) is 4.44. The normalized spacial score (nSPS) is 13.0. The number of esters is 1. The van der Waals surface area contributed by atoms with Crippen LogP contribution in [0.5, 0.6) is 17.2 Å². The van der Waals surface area contributed by atoms with E-state index < -0.39 is 28.4 Å². The molecule has 0 spiro atoms. The van der Waals surface area contributed by atoms with Crippen molar-refractivity contribution in [3.63, 3.8) is 0 Å². The predicted octanol–water partition coefficient (Wildman–Crippen LogP) is 4.69. The molecule has 33 heavy (non-hydrogen) atoms. The van der Waals surface area contributed by atoms with E-state index in [0.717, 1.165) is 11.6 Å². The van der Waals surface area contributed by atoms with E-state index in [1.165, 1.54) is 6.08 Å². The summed E-state index contributed by atoms with van der Waals surface area (Å²) in [5.74, 6) is 0.458. The fourth-order valence-electron chi connectivity index (χ4n) is 3.56. The molecule has 0 saturated carbocycles. The van der Waals surface area contributed by atoms with Gasteiger partial charge in [-0.15, -0.1) is 0 Å². The highest BCUT2D eigenvalue weighted by atomic mass is 28.4. The molecule has 0 atom stereocenters. The summed E-state index contributed by atoms with van der Waals surface area (Å²) in [6.07, 6.45) is 3.60. The third kappa shape index (κ3) is 10.5. The van der Waals surface area contributed by atoms with E-state index in [4.69, 9.17) is 27.8 Å². The summed E-state index contributed by atoms with van der Waals surface area (Å²) in [4.78, 5) is 12.4. The molecule has 0 amide bonds. The number of hydrogen-bond acceptors (Lipinski definition) is 7. The minimum atomic E-state index is -1.86. The Labute approximate surface area is 203 Å². The first-order chi connectivity index (χ1) is 15.3. The monoisotopic (exact) mass is 514 g/mol. The van der Waals surface area contributed by atoms with Gasteiger partial charge in [-0.1, -0.05) is 6.55 Å². The Kier molecular flexibility index (Phi) is 11.4. The quantitative estimate of drug-likeness (QED) is 0.154. The Balaban J connectivity index is 2.91. The van der Waals surface area contributed by atoms with Crippen LogP contribution in [0.3, 0.4) is 0 Å². The summed E-state index contributed by atoms with van der Waals surface area (Å²) in [6.45, 7) is 15.5. The second kappa shape index (κ2) is 12.7. The zero-order valence-electron chi connectivity index (χ0n) is 22.0. The summed E-state index contributed by atoms with van der Waals surface area (Å²) in [5.41, 5.74) is 0.733. The number of hydrogen-bond donors (Lipinski definition) is 0. The lowest BCUT2D eigenvalue weighted by Crippen LogP contribution is -2.51. The first-order valence-corrected chi connectivity index (χ1v) is 20.6. The van der Waals surface area contributed by atoms with Gasteiger partial charge in [0.15, 0.2) is 28.1 Å². The average molecular weight is 515 g/mol. The molecule has 188 valence electrons.